The molecular formula is C14H18Cl2N2O2. The number of aliphatic hydroxyl groups excluding tert-OH is 1. The van der Waals surface area contributed by atoms with Crippen molar-refractivity contribution in [1.29, 1.82) is 0 Å². The zero-order chi connectivity index (χ0) is 14.7. The predicted octanol–water partition coefficient (Wildman–Crippen LogP) is 3.22. The summed E-state index contributed by atoms with van der Waals surface area (Å²) in [4.78, 5) is 13.8. The van der Waals surface area contributed by atoms with Crippen molar-refractivity contribution in [2.45, 2.75) is 31.9 Å². The van der Waals surface area contributed by atoms with Gasteiger partial charge in [-0.25, -0.2) is 4.79 Å². The molecule has 0 radical (unpaired) electrons. The van der Waals surface area contributed by atoms with Crippen LogP contribution >= 0.6 is 23.2 Å². The van der Waals surface area contributed by atoms with Gasteiger partial charge in [0.15, 0.2) is 0 Å². The third-order valence-electron chi connectivity index (χ3n) is 3.47. The van der Waals surface area contributed by atoms with Crippen LogP contribution in [-0.4, -0.2) is 35.2 Å². The maximum absolute atomic E-state index is 12.1. The highest BCUT2D eigenvalue weighted by molar-refractivity contribution is 6.42. The van der Waals surface area contributed by atoms with Crippen molar-refractivity contribution in [3.05, 3.63) is 33.8 Å². The lowest BCUT2D eigenvalue weighted by Gasteiger charge is -2.31. The van der Waals surface area contributed by atoms with E-state index in [0.29, 0.717) is 23.1 Å². The number of carbonyl (C=O) groups is 1. The van der Waals surface area contributed by atoms with Crippen LogP contribution in [0.1, 0.15) is 31.4 Å². The minimum Gasteiger partial charge on any atom is -0.391 e. The summed E-state index contributed by atoms with van der Waals surface area (Å²) in [6, 6.07) is 4.97. The minimum absolute atomic E-state index is 0.165. The first kappa shape index (κ1) is 15.4. The first-order valence-corrected chi connectivity index (χ1v) is 7.41. The van der Waals surface area contributed by atoms with Crippen molar-refractivity contribution in [2.24, 2.45) is 0 Å². The molecule has 1 saturated heterocycles. The molecule has 0 spiro atoms. The molecule has 2 rings (SSSR count). The normalized spacial score (nSPS) is 20.6. The summed E-state index contributed by atoms with van der Waals surface area (Å²) in [6.07, 6.45) is 1.16. The molecule has 0 bridgehead atoms. The van der Waals surface area contributed by atoms with E-state index in [1.807, 2.05) is 13.0 Å². The molecule has 1 aliphatic rings. The largest absolute Gasteiger partial charge is 0.391 e. The van der Waals surface area contributed by atoms with E-state index >= 15 is 0 Å². The minimum atomic E-state index is -0.421. The summed E-state index contributed by atoms with van der Waals surface area (Å²) in [5.74, 6) is 0. The van der Waals surface area contributed by atoms with Crippen molar-refractivity contribution >= 4 is 29.2 Å². The summed E-state index contributed by atoms with van der Waals surface area (Å²) >= 11 is 11.8. The van der Waals surface area contributed by atoms with Gasteiger partial charge in [-0.3, -0.25) is 0 Å². The number of hydrogen-bond acceptors (Lipinski definition) is 2. The van der Waals surface area contributed by atoms with Gasteiger partial charge in [0, 0.05) is 13.1 Å². The summed E-state index contributed by atoms with van der Waals surface area (Å²) in [6.45, 7) is 2.95. The Bertz CT molecular complexity index is 496. The van der Waals surface area contributed by atoms with E-state index in [2.05, 4.69) is 5.32 Å². The zero-order valence-electron chi connectivity index (χ0n) is 11.3. The van der Waals surface area contributed by atoms with E-state index in [-0.39, 0.29) is 12.1 Å². The number of aliphatic hydroxyl groups is 1. The number of nitrogens with zero attached hydrogens (tertiary/aromatic N) is 1. The Morgan fingerprint density at radius 2 is 2.20 bits per heavy atom. The standard InChI is InChI=1S/C14H18Cl2N2O2/c1-9(10-4-5-12(15)13(16)7-10)17-14(20)18-6-2-3-11(19)8-18/h4-5,7,9,11,19H,2-3,6,8H2,1H3,(H,17,20). The van der Waals surface area contributed by atoms with E-state index in [0.717, 1.165) is 18.4 Å². The van der Waals surface area contributed by atoms with Crippen LogP contribution in [0.3, 0.4) is 0 Å². The van der Waals surface area contributed by atoms with Crippen LogP contribution in [0.15, 0.2) is 18.2 Å². The third-order valence-corrected chi connectivity index (χ3v) is 4.21. The van der Waals surface area contributed by atoms with Crippen LogP contribution in [0.5, 0.6) is 0 Å². The van der Waals surface area contributed by atoms with Crippen LogP contribution in [0.25, 0.3) is 0 Å². The Morgan fingerprint density at radius 3 is 2.85 bits per heavy atom. The molecule has 2 unspecified atom stereocenters. The lowest BCUT2D eigenvalue weighted by atomic mass is 10.1. The molecule has 2 atom stereocenters. The molecule has 0 saturated carbocycles. The number of amides is 2. The first-order chi connectivity index (χ1) is 9.47. The maximum Gasteiger partial charge on any atom is 0.317 e. The molecule has 0 aliphatic carbocycles. The summed E-state index contributed by atoms with van der Waals surface area (Å²) in [5.41, 5.74) is 0.894. The van der Waals surface area contributed by atoms with Gasteiger partial charge in [0.2, 0.25) is 0 Å². The highest BCUT2D eigenvalue weighted by Crippen LogP contribution is 2.25. The highest BCUT2D eigenvalue weighted by atomic mass is 35.5. The number of benzene rings is 1. The molecule has 1 heterocycles. The maximum atomic E-state index is 12.1. The Kier molecular flexibility index (Phi) is 5.13. The van der Waals surface area contributed by atoms with Crippen molar-refractivity contribution < 1.29 is 9.90 Å². The molecule has 110 valence electrons. The number of halogens is 2. The Hall–Kier alpha value is -0.970. The fraction of sp³-hybridized carbons (Fsp3) is 0.500. The van der Waals surface area contributed by atoms with Gasteiger partial charge in [0.25, 0.3) is 0 Å². The van der Waals surface area contributed by atoms with E-state index in [1.165, 1.54) is 0 Å². The molecule has 0 aromatic heterocycles. The Balaban J connectivity index is 1.97. The van der Waals surface area contributed by atoms with E-state index < -0.39 is 6.10 Å². The molecule has 1 fully saturated rings. The quantitative estimate of drug-likeness (QED) is 0.880. The number of likely N-dealkylation sites (tertiary alicyclic amines) is 1. The lowest BCUT2D eigenvalue weighted by molar-refractivity contribution is 0.0835. The average molecular weight is 317 g/mol. The van der Waals surface area contributed by atoms with Crippen LogP contribution in [0, 0.1) is 0 Å². The summed E-state index contributed by atoms with van der Waals surface area (Å²) in [5, 5.41) is 13.5. The molecule has 2 N–H and O–H groups in total. The van der Waals surface area contributed by atoms with Gasteiger partial charge in [-0.15, -0.1) is 0 Å². The number of hydrogen-bond donors (Lipinski definition) is 2. The molecule has 20 heavy (non-hydrogen) atoms. The van der Waals surface area contributed by atoms with Crippen molar-refractivity contribution in [2.75, 3.05) is 13.1 Å². The molecule has 2 amide bonds. The van der Waals surface area contributed by atoms with Crippen molar-refractivity contribution in [3.8, 4) is 0 Å². The predicted molar refractivity (Wildman–Crippen MR) is 80.2 cm³/mol. The van der Waals surface area contributed by atoms with E-state index in [9.17, 15) is 9.90 Å². The lowest BCUT2D eigenvalue weighted by Crippen LogP contribution is -2.47. The van der Waals surface area contributed by atoms with Crippen molar-refractivity contribution in [3.63, 3.8) is 0 Å². The molecular weight excluding hydrogens is 299 g/mol. The van der Waals surface area contributed by atoms with Gasteiger partial charge >= 0.3 is 6.03 Å². The smallest absolute Gasteiger partial charge is 0.317 e. The van der Waals surface area contributed by atoms with E-state index in [4.69, 9.17) is 23.2 Å². The first-order valence-electron chi connectivity index (χ1n) is 6.66. The van der Waals surface area contributed by atoms with Crippen molar-refractivity contribution in [1.82, 2.24) is 10.2 Å². The Labute approximate surface area is 128 Å². The topological polar surface area (TPSA) is 52.6 Å². The molecule has 1 aliphatic heterocycles. The number of nitrogens with one attached hydrogen (secondary N) is 1. The van der Waals surface area contributed by atoms with Crippen LogP contribution in [0.4, 0.5) is 4.79 Å². The number of piperidine rings is 1. The average Bonchev–Trinajstić information content (AvgIpc) is 2.41. The van der Waals surface area contributed by atoms with E-state index in [1.54, 1.807) is 17.0 Å². The SMILES string of the molecule is CC(NC(=O)N1CCCC(O)C1)c1ccc(Cl)c(Cl)c1. The summed E-state index contributed by atoms with van der Waals surface area (Å²) < 4.78 is 0. The fourth-order valence-electron chi connectivity index (χ4n) is 2.28. The third kappa shape index (κ3) is 3.78. The molecule has 4 nitrogen and oxygen atoms in total. The highest BCUT2D eigenvalue weighted by Gasteiger charge is 2.23. The van der Waals surface area contributed by atoms with Gasteiger partial charge in [0.1, 0.15) is 0 Å². The van der Waals surface area contributed by atoms with Gasteiger partial charge in [-0.1, -0.05) is 29.3 Å². The Morgan fingerprint density at radius 1 is 1.45 bits per heavy atom. The number of β-amino-alcohol motifs (C(OH)–C–C–N with tert-alkyl or cyclic N) is 1. The fourth-order valence-corrected chi connectivity index (χ4v) is 2.59. The second kappa shape index (κ2) is 6.66. The second-order valence-electron chi connectivity index (χ2n) is 5.09. The van der Waals surface area contributed by atoms with Crippen LogP contribution in [0.2, 0.25) is 10.0 Å². The monoisotopic (exact) mass is 316 g/mol. The summed E-state index contributed by atoms with van der Waals surface area (Å²) in [7, 11) is 0. The van der Waals surface area contributed by atoms with Gasteiger partial charge < -0.3 is 15.3 Å². The van der Waals surface area contributed by atoms with Gasteiger partial charge in [0.05, 0.1) is 22.2 Å². The second-order valence-corrected chi connectivity index (χ2v) is 5.90. The van der Waals surface area contributed by atoms with Gasteiger partial charge in [-0.05, 0) is 37.5 Å². The molecule has 1 aromatic rings. The molecule has 1 aromatic carbocycles. The molecule has 6 heteroatoms. The van der Waals surface area contributed by atoms with Gasteiger partial charge in [-0.2, -0.15) is 0 Å². The zero-order valence-corrected chi connectivity index (χ0v) is 12.8. The van der Waals surface area contributed by atoms with Crippen LogP contribution < -0.4 is 5.32 Å². The number of carbonyl (C=O) groups excluding carboxylic acids is 1. The number of urea groups is 1. The van der Waals surface area contributed by atoms with Crippen LogP contribution in [-0.2, 0) is 0 Å². The number of rotatable bonds is 2.